The first-order valence-corrected chi connectivity index (χ1v) is 10.6. The number of rotatable bonds is 5. The van der Waals surface area contributed by atoms with Crippen molar-refractivity contribution in [1.29, 1.82) is 0 Å². The number of hydrogen-bond donors (Lipinski definition) is 1. The molecule has 0 heterocycles. The Morgan fingerprint density at radius 3 is 2.04 bits per heavy atom. The molecule has 1 aromatic rings. The molecule has 0 spiro atoms. The molecule has 0 radical (unpaired) electrons. The Labute approximate surface area is 145 Å². The molecule has 4 aliphatic rings. The summed E-state index contributed by atoms with van der Waals surface area (Å²) in [6, 6.07) is 6.63. The maximum absolute atomic E-state index is 12.7. The highest BCUT2D eigenvalue weighted by Gasteiger charge is 2.50. The third-order valence-electron chi connectivity index (χ3n) is 6.59. The van der Waals surface area contributed by atoms with E-state index in [1.165, 1.54) is 32.1 Å². The van der Waals surface area contributed by atoms with Gasteiger partial charge in [0.2, 0.25) is 10.0 Å². The quantitative estimate of drug-likeness (QED) is 0.886. The van der Waals surface area contributed by atoms with Gasteiger partial charge in [-0.25, -0.2) is 13.1 Å². The fourth-order valence-electron chi connectivity index (χ4n) is 5.93. The lowest BCUT2D eigenvalue weighted by Crippen LogP contribution is -2.52. The molecule has 0 aliphatic heterocycles. The molecule has 1 unspecified atom stereocenters. The highest BCUT2D eigenvalue weighted by atomic mass is 32.2. The molecule has 0 amide bonds. The van der Waals surface area contributed by atoms with Gasteiger partial charge in [0.1, 0.15) is 5.75 Å². The van der Waals surface area contributed by atoms with Gasteiger partial charge < -0.3 is 4.74 Å². The largest absolute Gasteiger partial charge is 0.497 e. The summed E-state index contributed by atoms with van der Waals surface area (Å²) in [6.45, 7) is 2.06. The number of sulfonamides is 1. The van der Waals surface area contributed by atoms with Gasteiger partial charge in [0.05, 0.1) is 12.0 Å². The minimum atomic E-state index is -3.47. The second-order valence-electron chi connectivity index (χ2n) is 8.09. The second-order valence-corrected chi connectivity index (χ2v) is 9.81. The Morgan fingerprint density at radius 2 is 1.54 bits per heavy atom. The van der Waals surface area contributed by atoms with Crippen molar-refractivity contribution in [2.75, 3.05) is 7.11 Å². The predicted molar refractivity (Wildman–Crippen MR) is 93.3 cm³/mol. The van der Waals surface area contributed by atoms with Gasteiger partial charge in [0.15, 0.2) is 0 Å². The van der Waals surface area contributed by atoms with E-state index >= 15 is 0 Å². The molecular formula is C19H27NO3S. The van der Waals surface area contributed by atoms with E-state index < -0.39 is 10.0 Å². The first-order valence-electron chi connectivity index (χ1n) is 9.12. The zero-order valence-electron chi connectivity index (χ0n) is 14.4. The molecule has 1 aromatic carbocycles. The normalized spacial score (nSPS) is 35.8. The molecule has 132 valence electrons. The van der Waals surface area contributed by atoms with Crippen molar-refractivity contribution in [3.8, 4) is 5.75 Å². The first-order chi connectivity index (χ1) is 11.5. The van der Waals surface area contributed by atoms with E-state index in [0.29, 0.717) is 16.6 Å². The standard InChI is InChI=1S/C19H27NO3S/c1-12(19-15-8-13-7-14(10-15)11-16(19)9-13)20-24(21,22)18-5-3-17(23-2)4-6-18/h3-6,12-16,19-20H,7-11H2,1-2H3. The monoisotopic (exact) mass is 349 g/mol. The van der Waals surface area contributed by atoms with Crippen LogP contribution in [0, 0.1) is 29.6 Å². The van der Waals surface area contributed by atoms with E-state index in [1.54, 1.807) is 31.4 Å². The van der Waals surface area contributed by atoms with Crippen LogP contribution in [-0.2, 0) is 10.0 Å². The van der Waals surface area contributed by atoms with Crippen molar-refractivity contribution in [2.24, 2.45) is 29.6 Å². The molecule has 0 aromatic heterocycles. The SMILES string of the molecule is COc1ccc(S(=O)(=O)NC(C)C2C3CC4CC(C3)CC2C4)cc1. The van der Waals surface area contributed by atoms with Crippen molar-refractivity contribution in [3.05, 3.63) is 24.3 Å². The fraction of sp³-hybridized carbons (Fsp3) is 0.684. The van der Waals surface area contributed by atoms with E-state index in [1.807, 2.05) is 0 Å². The van der Waals surface area contributed by atoms with Gasteiger partial charge in [-0.2, -0.15) is 0 Å². The molecule has 5 heteroatoms. The summed E-state index contributed by atoms with van der Waals surface area (Å²) in [4.78, 5) is 0.318. The number of hydrogen-bond acceptors (Lipinski definition) is 3. The second kappa shape index (κ2) is 6.03. The highest BCUT2D eigenvalue weighted by molar-refractivity contribution is 7.89. The lowest BCUT2D eigenvalue weighted by molar-refractivity contribution is -0.0463. The van der Waals surface area contributed by atoms with Crippen molar-refractivity contribution >= 4 is 10.0 Å². The minimum absolute atomic E-state index is 0.00658. The summed E-state index contributed by atoms with van der Waals surface area (Å²) in [5.74, 6) is 4.43. The number of benzene rings is 1. The fourth-order valence-corrected chi connectivity index (χ4v) is 7.21. The van der Waals surface area contributed by atoms with Gasteiger partial charge >= 0.3 is 0 Å². The van der Waals surface area contributed by atoms with Gasteiger partial charge in [0, 0.05) is 6.04 Å². The molecule has 4 nitrogen and oxygen atoms in total. The van der Waals surface area contributed by atoms with Crippen LogP contribution in [0.15, 0.2) is 29.2 Å². The van der Waals surface area contributed by atoms with Crippen LogP contribution >= 0.6 is 0 Å². The minimum Gasteiger partial charge on any atom is -0.497 e. The smallest absolute Gasteiger partial charge is 0.240 e. The zero-order valence-corrected chi connectivity index (χ0v) is 15.3. The molecule has 5 rings (SSSR count). The van der Waals surface area contributed by atoms with Crippen LogP contribution in [0.5, 0.6) is 5.75 Å². The summed E-state index contributed by atoms with van der Waals surface area (Å²) in [5, 5.41) is 0. The molecule has 1 atom stereocenters. The summed E-state index contributed by atoms with van der Waals surface area (Å²) in [7, 11) is -1.89. The van der Waals surface area contributed by atoms with Crippen molar-refractivity contribution in [3.63, 3.8) is 0 Å². The van der Waals surface area contributed by atoms with Gasteiger partial charge in [0.25, 0.3) is 0 Å². The van der Waals surface area contributed by atoms with Crippen molar-refractivity contribution < 1.29 is 13.2 Å². The van der Waals surface area contributed by atoms with E-state index in [0.717, 1.165) is 23.7 Å². The molecule has 1 N–H and O–H groups in total. The lowest BCUT2D eigenvalue weighted by atomic mass is 9.51. The summed E-state index contributed by atoms with van der Waals surface area (Å²) in [5.41, 5.74) is 0. The van der Waals surface area contributed by atoms with Crippen LogP contribution in [0.1, 0.15) is 39.0 Å². The van der Waals surface area contributed by atoms with Crippen LogP contribution < -0.4 is 9.46 Å². The Morgan fingerprint density at radius 1 is 1.00 bits per heavy atom. The van der Waals surface area contributed by atoms with Gasteiger partial charge in [-0.3, -0.25) is 0 Å². The summed E-state index contributed by atoms with van der Waals surface area (Å²) >= 11 is 0. The van der Waals surface area contributed by atoms with Gasteiger partial charge in [-0.05, 0) is 92.9 Å². The zero-order chi connectivity index (χ0) is 16.9. The van der Waals surface area contributed by atoms with Crippen LogP contribution in [-0.4, -0.2) is 21.6 Å². The summed E-state index contributed by atoms with van der Waals surface area (Å²) < 4.78 is 33.5. The topological polar surface area (TPSA) is 55.4 Å². The van der Waals surface area contributed by atoms with Crippen molar-refractivity contribution in [1.82, 2.24) is 4.72 Å². The molecule has 0 saturated heterocycles. The molecule has 4 saturated carbocycles. The lowest BCUT2D eigenvalue weighted by Gasteiger charge is -2.56. The third kappa shape index (κ3) is 2.86. The van der Waals surface area contributed by atoms with E-state index in [4.69, 9.17) is 4.74 Å². The molecule has 4 fully saturated rings. The Kier molecular flexibility index (Phi) is 4.12. The molecule has 24 heavy (non-hydrogen) atoms. The molecule has 4 aliphatic carbocycles. The first kappa shape index (κ1) is 16.4. The Balaban J connectivity index is 1.49. The van der Waals surface area contributed by atoms with E-state index in [-0.39, 0.29) is 6.04 Å². The van der Waals surface area contributed by atoms with Crippen LogP contribution in [0.3, 0.4) is 0 Å². The number of methoxy groups -OCH3 is 1. The van der Waals surface area contributed by atoms with Gasteiger partial charge in [-0.15, -0.1) is 0 Å². The Hall–Kier alpha value is -1.07. The van der Waals surface area contributed by atoms with Crippen molar-refractivity contribution in [2.45, 2.75) is 50.0 Å². The molecule has 4 bridgehead atoms. The van der Waals surface area contributed by atoms with E-state index in [9.17, 15) is 8.42 Å². The average molecular weight is 349 g/mol. The van der Waals surface area contributed by atoms with E-state index in [2.05, 4.69) is 11.6 Å². The third-order valence-corrected chi connectivity index (χ3v) is 8.16. The number of ether oxygens (including phenoxy) is 1. The average Bonchev–Trinajstić information content (AvgIpc) is 2.53. The van der Waals surface area contributed by atoms with Crippen LogP contribution in [0.25, 0.3) is 0 Å². The maximum atomic E-state index is 12.7. The van der Waals surface area contributed by atoms with Crippen LogP contribution in [0.2, 0.25) is 0 Å². The maximum Gasteiger partial charge on any atom is 0.240 e. The molecular weight excluding hydrogens is 322 g/mol. The van der Waals surface area contributed by atoms with Gasteiger partial charge in [-0.1, -0.05) is 0 Å². The van der Waals surface area contributed by atoms with Crippen LogP contribution in [0.4, 0.5) is 0 Å². The number of nitrogens with one attached hydrogen (secondary N) is 1. The highest BCUT2D eigenvalue weighted by Crippen LogP contribution is 2.57. The Bertz CT molecular complexity index is 670. The summed E-state index contributed by atoms with van der Waals surface area (Å²) in [6.07, 6.45) is 6.67. The predicted octanol–water partition coefficient (Wildman–Crippen LogP) is 3.43.